The van der Waals surface area contributed by atoms with E-state index in [4.69, 9.17) is 10.00 Å². The number of nitriles is 1. The van der Waals surface area contributed by atoms with Gasteiger partial charge in [-0.2, -0.15) is 5.26 Å². The number of fused-ring (bicyclic) bond motifs is 2. The van der Waals surface area contributed by atoms with Crippen molar-refractivity contribution < 1.29 is 19.7 Å². The quantitative estimate of drug-likeness (QED) is 0.819. The van der Waals surface area contributed by atoms with E-state index in [1.165, 1.54) is 0 Å². The lowest BCUT2D eigenvalue weighted by atomic mass is 9.76. The maximum atomic E-state index is 11.6. The lowest BCUT2D eigenvalue weighted by Gasteiger charge is -2.52. The summed E-state index contributed by atoms with van der Waals surface area (Å²) in [6.07, 6.45) is -0.421. The first-order valence-electron chi connectivity index (χ1n) is 9.43. The van der Waals surface area contributed by atoms with Crippen LogP contribution in [0.25, 0.3) is 0 Å². The summed E-state index contributed by atoms with van der Waals surface area (Å²) in [5, 5.41) is 28.7. The molecule has 0 aliphatic carbocycles. The highest BCUT2D eigenvalue weighted by atomic mass is 16.5. The average molecular weight is 373 g/mol. The molecule has 0 radical (unpaired) electrons. The van der Waals surface area contributed by atoms with Crippen LogP contribution in [0.4, 0.5) is 4.79 Å². The van der Waals surface area contributed by atoms with Crippen molar-refractivity contribution in [3.63, 3.8) is 0 Å². The van der Waals surface area contributed by atoms with Crippen molar-refractivity contribution in [1.82, 2.24) is 9.80 Å². The number of aliphatic hydroxyl groups excluding tert-OH is 1. The number of hydrogen-bond donors (Lipinski definition) is 2. The molecule has 2 saturated heterocycles. The molecular formula is C20H27N3O4. The Balaban J connectivity index is 1.52. The van der Waals surface area contributed by atoms with E-state index in [0.29, 0.717) is 29.7 Å². The van der Waals surface area contributed by atoms with Gasteiger partial charge in [0.1, 0.15) is 18.5 Å². The van der Waals surface area contributed by atoms with Gasteiger partial charge in [-0.15, -0.1) is 0 Å². The van der Waals surface area contributed by atoms with Crippen molar-refractivity contribution in [2.75, 3.05) is 26.2 Å². The highest BCUT2D eigenvalue weighted by Gasteiger charge is 2.45. The van der Waals surface area contributed by atoms with E-state index in [2.05, 4.69) is 11.0 Å². The SMILES string of the molecule is CC1C2CC(CN(CC(O)COc3ccc(C#N)cc3)C2)C(C)N1C(=O)O. The summed E-state index contributed by atoms with van der Waals surface area (Å²) in [4.78, 5) is 15.4. The molecule has 0 saturated carbocycles. The van der Waals surface area contributed by atoms with Gasteiger partial charge in [0.25, 0.3) is 0 Å². The number of ether oxygens (including phenoxy) is 1. The maximum absolute atomic E-state index is 11.6. The summed E-state index contributed by atoms with van der Waals surface area (Å²) < 4.78 is 5.62. The molecule has 2 aliphatic heterocycles. The molecule has 3 rings (SSSR count). The van der Waals surface area contributed by atoms with Crippen LogP contribution in [0.1, 0.15) is 25.8 Å². The van der Waals surface area contributed by atoms with Gasteiger partial charge in [-0.25, -0.2) is 4.79 Å². The summed E-state index contributed by atoms with van der Waals surface area (Å²) >= 11 is 0. The van der Waals surface area contributed by atoms with E-state index >= 15 is 0 Å². The number of rotatable bonds is 5. The Bertz CT molecular complexity index is 684. The minimum absolute atomic E-state index is 0.0106. The molecule has 7 nitrogen and oxygen atoms in total. The smallest absolute Gasteiger partial charge is 0.407 e. The molecule has 146 valence electrons. The Morgan fingerprint density at radius 1 is 1.26 bits per heavy atom. The van der Waals surface area contributed by atoms with Crippen LogP contribution < -0.4 is 4.74 Å². The summed E-state index contributed by atoms with van der Waals surface area (Å²) in [5.74, 6) is 1.22. The molecule has 1 aromatic carbocycles. The number of benzene rings is 1. The minimum Gasteiger partial charge on any atom is -0.491 e. The Hall–Kier alpha value is -2.30. The highest BCUT2D eigenvalue weighted by Crippen LogP contribution is 2.37. The number of nitrogens with zero attached hydrogens (tertiary/aromatic N) is 3. The van der Waals surface area contributed by atoms with Crippen LogP contribution in [0, 0.1) is 23.2 Å². The molecule has 2 heterocycles. The van der Waals surface area contributed by atoms with Crippen LogP contribution in [0.2, 0.25) is 0 Å². The normalized spacial score (nSPS) is 29.0. The first-order chi connectivity index (χ1) is 12.9. The van der Waals surface area contributed by atoms with Gasteiger partial charge in [-0.05, 0) is 56.4 Å². The zero-order chi connectivity index (χ0) is 19.6. The minimum atomic E-state index is -0.839. The van der Waals surface area contributed by atoms with Crippen LogP contribution in [0.5, 0.6) is 5.75 Å². The van der Waals surface area contributed by atoms with Gasteiger partial charge < -0.3 is 19.8 Å². The van der Waals surface area contributed by atoms with E-state index < -0.39 is 12.2 Å². The van der Waals surface area contributed by atoms with Gasteiger partial charge >= 0.3 is 6.09 Å². The predicted molar refractivity (Wildman–Crippen MR) is 99.5 cm³/mol. The summed E-state index contributed by atoms with van der Waals surface area (Å²) in [5.41, 5.74) is 0.571. The number of carbonyl (C=O) groups is 1. The monoisotopic (exact) mass is 373 g/mol. The van der Waals surface area contributed by atoms with Crippen molar-refractivity contribution in [3.05, 3.63) is 29.8 Å². The molecule has 2 N–H and O–H groups in total. The van der Waals surface area contributed by atoms with Crippen LogP contribution in [0.15, 0.2) is 24.3 Å². The molecule has 2 aliphatic rings. The Labute approximate surface area is 159 Å². The molecular weight excluding hydrogens is 346 g/mol. The second-order valence-corrected chi connectivity index (χ2v) is 7.75. The van der Waals surface area contributed by atoms with Crippen molar-refractivity contribution >= 4 is 6.09 Å². The fraction of sp³-hybridized carbons (Fsp3) is 0.600. The number of carboxylic acid groups (broad SMARTS) is 1. The first kappa shape index (κ1) is 19.5. The van der Waals surface area contributed by atoms with E-state index in [9.17, 15) is 15.0 Å². The zero-order valence-corrected chi connectivity index (χ0v) is 15.8. The van der Waals surface area contributed by atoms with Crippen molar-refractivity contribution in [2.45, 2.75) is 38.5 Å². The van der Waals surface area contributed by atoms with Crippen LogP contribution in [-0.2, 0) is 0 Å². The summed E-state index contributed by atoms with van der Waals surface area (Å²) in [7, 11) is 0. The van der Waals surface area contributed by atoms with Gasteiger partial charge in [0, 0.05) is 31.7 Å². The fourth-order valence-corrected chi connectivity index (χ4v) is 4.47. The summed E-state index contributed by atoms with van der Waals surface area (Å²) in [6, 6.07) is 8.85. The number of hydrogen-bond acceptors (Lipinski definition) is 5. The second-order valence-electron chi connectivity index (χ2n) is 7.75. The number of β-amino-alcohol motifs (C(OH)–C–C–N with tert-alkyl or cyclic N) is 1. The lowest BCUT2D eigenvalue weighted by Crippen LogP contribution is -2.62. The Kier molecular flexibility index (Phi) is 5.88. The molecule has 5 unspecified atom stereocenters. The van der Waals surface area contributed by atoms with Crippen molar-refractivity contribution in [2.24, 2.45) is 11.8 Å². The fourth-order valence-electron chi connectivity index (χ4n) is 4.47. The van der Waals surface area contributed by atoms with Gasteiger partial charge in [0.05, 0.1) is 11.6 Å². The number of aliphatic hydroxyl groups is 1. The van der Waals surface area contributed by atoms with Gasteiger partial charge in [-0.1, -0.05) is 0 Å². The first-order valence-corrected chi connectivity index (χ1v) is 9.43. The summed E-state index contributed by atoms with van der Waals surface area (Å²) in [6.45, 7) is 6.25. The predicted octanol–water partition coefficient (Wildman–Crippen LogP) is 2.01. The lowest BCUT2D eigenvalue weighted by molar-refractivity contribution is -0.0451. The molecule has 0 aromatic heterocycles. The van der Waals surface area contributed by atoms with Crippen molar-refractivity contribution in [3.8, 4) is 11.8 Å². The molecule has 0 spiro atoms. The van der Waals surface area contributed by atoms with Gasteiger partial charge in [-0.3, -0.25) is 4.90 Å². The molecule has 2 bridgehead atoms. The largest absolute Gasteiger partial charge is 0.491 e. The second kappa shape index (κ2) is 8.15. The third-order valence-electron chi connectivity index (χ3n) is 5.95. The van der Waals surface area contributed by atoms with Gasteiger partial charge in [0.15, 0.2) is 0 Å². The number of piperidine rings is 2. The third-order valence-corrected chi connectivity index (χ3v) is 5.95. The van der Waals surface area contributed by atoms with Gasteiger partial charge in [0.2, 0.25) is 0 Å². The maximum Gasteiger partial charge on any atom is 0.407 e. The number of likely N-dealkylation sites (tertiary alicyclic amines) is 2. The Morgan fingerprint density at radius 3 is 2.37 bits per heavy atom. The standard InChI is InChI=1S/C20H27N3O4/c1-13-16-7-17(14(2)23(13)20(25)26)10-22(9-16)11-18(24)12-27-19-5-3-15(8-21)4-6-19/h3-6,13-14,16-18,24H,7,9-12H2,1-2H3,(H,25,26). The van der Waals surface area contributed by atoms with E-state index in [-0.39, 0.29) is 18.7 Å². The van der Waals surface area contributed by atoms with Crippen LogP contribution in [0.3, 0.4) is 0 Å². The molecule has 7 heteroatoms. The average Bonchev–Trinajstić information content (AvgIpc) is 2.65. The van der Waals surface area contributed by atoms with E-state index in [0.717, 1.165) is 19.5 Å². The zero-order valence-electron chi connectivity index (χ0n) is 15.8. The molecule has 2 fully saturated rings. The highest BCUT2D eigenvalue weighted by molar-refractivity contribution is 5.66. The van der Waals surface area contributed by atoms with E-state index in [1.807, 2.05) is 13.8 Å². The third kappa shape index (κ3) is 4.34. The van der Waals surface area contributed by atoms with Crippen molar-refractivity contribution in [1.29, 1.82) is 5.26 Å². The molecule has 5 atom stereocenters. The topological polar surface area (TPSA) is 97.0 Å². The molecule has 27 heavy (non-hydrogen) atoms. The molecule has 1 aromatic rings. The molecule has 1 amide bonds. The van der Waals surface area contributed by atoms with E-state index in [1.54, 1.807) is 29.2 Å². The Morgan fingerprint density at radius 2 is 1.85 bits per heavy atom. The van der Waals surface area contributed by atoms with Crippen LogP contribution >= 0.6 is 0 Å². The van der Waals surface area contributed by atoms with Crippen LogP contribution in [-0.4, -0.2) is 70.5 Å². The number of amides is 1.